The fourth-order valence-corrected chi connectivity index (χ4v) is 2.31. The van der Waals surface area contributed by atoms with Gasteiger partial charge in [0.2, 0.25) is 0 Å². The molecule has 2 N–H and O–H groups in total. The van der Waals surface area contributed by atoms with Gasteiger partial charge in [0, 0.05) is 30.7 Å². The van der Waals surface area contributed by atoms with Crippen LogP contribution in [0.2, 0.25) is 0 Å². The fourth-order valence-electron chi connectivity index (χ4n) is 2.31. The third-order valence-electron chi connectivity index (χ3n) is 3.23. The molecule has 0 bridgehead atoms. The van der Waals surface area contributed by atoms with Crippen LogP contribution in [0.4, 0.5) is 5.69 Å². The first kappa shape index (κ1) is 11.5. The Kier molecular flexibility index (Phi) is 3.49. The Morgan fingerprint density at radius 2 is 2.25 bits per heavy atom. The van der Waals surface area contributed by atoms with Crippen molar-refractivity contribution >= 4 is 5.69 Å². The smallest absolute Gasteiger partial charge is 0.0378 e. The molecule has 1 aromatic carbocycles. The van der Waals surface area contributed by atoms with Crippen LogP contribution in [-0.4, -0.2) is 19.1 Å². The predicted octanol–water partition coefficient (Wildman–Crippen LogP) is 2.89. The molecule has 2 heteroatoms. The molecule has 0 aromatic heterocycles. The molecule has 2 rings (SSSR count). The highest BCUT2D eigenvalue weighted by atomic mass is 14.9. The van der Waals surface area contributed by atoms with Gasteiger partial charge in [-0.25, -0.2) is 0 Å². The van der Waals surface area contributed by atoms with E-state index in [2.05, 4.69) is 49.6 Å². The van der Waals surface area contributed by atoms with Crippen LogP contribution in [0, 0.1) is 6.92 Å². The van der Waals surface area contributed by atoms with Gasteiger partial charge in [0.25, 0.3) is 0 Å². The lowest BCUT2D eigenvalue weighted by Gasteiger charge is -2.28. The molecule has 0 spiro atoms. The summed E-state index contributed by atoms with van der Waals surface area (Å²) < 4.78 is 0. The van der Waals surface area contributed by atoms with Gasteiger partial charge in [0.15, 0.2) is 0 Å². The van der Waals surface area contributed by atoms with Gasteiger partial charge in [0.1, 0.15) is 0 Å². The van der Waals surface area contributed by atoms with Crippen LogP contribution in [-0.2, 0) is 0 Å². The fraction of sp³-hybridized carbons (Fsp3) is 0.571. The second kappa shape index (κ2) is 4.88. The van der Waals surface area contributed by atoms with Crippen LogP contribution < -0.4 is 10.6 Å². The lowest BCUT2D eigenvalue weighted by atomic mass is 9.90. The summed E-state index contributed by atoms with van der Waals surface area (Å²) >= 11 is 0. The zero-order valence-electron chi connectivity index (χ0n) is 10.5. The largest absolute Gasteiger partial charge is 0.385 e. The SMILES string of the molecule is Cc1ccc2c(c1)NCCC2CNC(C)C. The summed E-state index contributed by atoms with van der Waals surface area (Å²) in [5, 5.41) is 7.04. The van der Waals surface area contributed by atoms with Crippen molar-refractivity contribution in [3.8, 4) is 0 Å². The summed E-state index contributed by atoms with van der Waals surface area (Å²) in [5.74, 6) is 0.666. The molecule has 1 heterocycles. The first-order valence-electron chi connectivity index (χ1n) is 6.24. The van der Waals surface area contributed by atoms with Gasteiger partial charge in [-0.15, -0.1) is 0 Å². The maximum Gasteiger partial charge on any atom is 0.0378 e. The molecular formula is C14H22N2. The summed E-state index contributed by atoms with van der Waals surface area (Å²) in [6.07, 6.45) is 1.23. The monoisotopic (exact) mass is 218 g/mol. The Bertz CT molecular complexity index is 358. The van der Waals surface area contributed by atoms with Crippen molar-refractivity contribution < 1.29 is 0 Å². The second-order valence-electron chi connectivity index (χ2n) is 5.07. The van der Waals surface area contributed by atoms with Crippen molar-refractivity contribution in [2.24, 2.45) is 0 Å². The Morgan fingerprint density at radius 3 is 3.00 bits per heavy atom. The molecule has 0 amide bonds. The van der Waals surface area contributed by atoms with Gasteiger partial charge in [-0.05, 0) is 30.5 Å². The molecule has 1 aliphatic heterocycles. The van der Waals surface area contributed by atoms with Crippen LogP contribution in [0.3, 0.4) is 0 Å². The highest BCUT2D eigenvalue weighted by Crippen LogP contribution is 2.31. The van der Waals surface area contributed by atoms with Gasteiger partial charge < -0.3 is 10.6 Å². The molecule has 1 atom stereocenters. The minimum atomic E-state index is 0.573. The second-order valence-corrected chi connectivity index (χ2v) is 5.07. The first-order chi connectivity index (χ1) is 7.66. The van der Waals surface area contributed by atoms with Gasteiger partial charge in [-0.2, -0.15) is 0 Å². The maximum absolute atomic E-state index is 3.54. The quantitative estimate of drug-likeness (QED) is 0.815. The van der Waals surface area contributed by atoms with Crippen LogP contribution in [0.15, 0.2) is 18.2 Å². The summed E-state index contributed by atoms with van der Waals surface area (Å²) in [6.45, 7) is 8.75. The van der Waals surface area contributed by atoms with Crippen molar-refractivity contribution in [2.75, 3.05) is 18.4 Å². The summed E-state index contributed by atoms with van der Waals surface area (Å²) in [4.78, 5) is 0. The van der Waals surface area contributed by atoms with Crippen LogP contribution in [0.1, 0.15) is 37.3 Å². The van der Waals surface area contributed by atoms with E-state index >= 15 is 0 Å². The average molecular weight is 218 g/mol. The van der Waals surface area contributed by atoms with Crippen molar-refractivity contribution in [3.05, 3.63) is 29.3 Å². The maximum atomic E-state index is 3.54. The normalized spacial score (nSPS) is 19.4. The molecule has 1 aromatic rings. The third-order valence-corrected chi connectivity index (χ3v) is 3.23. The molecule has 1 aliphatic rings. The summed E-state index contributed by atoms with van der Waals surface area (Å²) in [7, 11) is 0. The molecule has 0 radical (unpaired) electrons. The first-order valence-corrected chi connectivity index (χ1v) is 6.24. The Balaban J connectivity index is 2.13. The molecule has 0 saturated carbocycles. The molecule has 0 saturated heterocycles. The van der Waals surface area contributed by atoms with Crippen LogP contribution in [0.5, 0.6) is 0 Å². The van der Waals surface area contributed by atoms with Crippen molar-refractivity contribution in [1.82, 2.24) is 5.32 Å². The van der Waals surface area contributed by atoms with Crippen LogP contribution >= 0.6 is 0 Å². The third kappa shape index (κ3) is 2.56. The van der Waals surface area contributed by atoms with E-state index in [1.54, 1.807) is 0 Å². The van der Waals surface area contributed by atoms with Crippen molar-refractivity contribution in [1.29, 1.82) is 0 Å². The molecule has 0 aliphatic carbocycles. The number of anilines is 1. The lowest BCUT2D eigenvalue weighted by Crippen LogP contribution is -2.31. The van der Waals surface area contributed by atoms with E-state index < -0.39 is 0 Å². The zero-order valence-corrected chi connectivity index (χ0v) is 10.5. The van der Waals surface area contributed by atoms with E-state index in [9.17, 15) is 0 Å². The standard InChI is InChI=1S/C14H22N2/c1-10(2)16-9-12-6-7-15-14-8-11(3)4-5-13(12)14/h4-5,8,10,12,15-16H,6-7,9H2,1-3H3. The molecular weight excluding hydrogens is 196 g/mol. The Labute approximate surface area is 98.4 Å². The van der Waals surface area contributed by atoms with E-state index in [-0.39, 0.29) is 0 Å². The minimum Gasteiger partial charge on any atom is -0.385 e. The number of nitrogens with one attached hydrogen (secondary N) is 2. The van der Waals surface area contributed by atoms with E-state index in [0.29, 0.717) is 12.0 Å². The lowest BCUT2D eigenvalue weighted by molar-refractivity contribution is 0.509. The number of hydrogen-bond donors (Lipinski definition) is 2. The topological polar surface area (TPSA) is 24.1 Å². The van der Waals surface area contributed by atoms with E-state index in [1.165, 1.54) is 23.2 Å². The van der Waals surface area contributed by atoms with Crippen molar-refractivity contribution in [2.45, 2.75) is 39.2 Å². The summed E-state index contributed by atoms with van der Waals surface area (Å²) in [6, 6.07) is 7.33. The molecule has 16 heavy (non-hydrogen) atoms. The van der Waals surface area contributed by atoms with E-state index in [0.717, 1.165) is 13.1 Å². The van der Waals surface area contributed by atoms with Gasteiger partial charge in [0.05, 0.1) is 0 Å². The van der Waals surface area contributed by atoms with Gasteiger partial charge in [-0.3, -0.25) is 0 Å². The number of hydrogen-bond acceptors (Lipinski definition) is 2. The summed E-state index contributed by atoms with van der Waals surface area (Å²) in [5.41, 5.74) is 4.15. The van der Waals surface area contributed by atoms with E-state index in [4.69, 9.17) is 0 Å². The molecule has 2 nitrogen and oxygen atoms in total. The van der Waals surface area contributed by atoms with E-state index in [1.807, 2.05) is 0 Å². The highest BCUT2D eigenvalue weighted by molar-refractivity contribution is 5.56. The zero-order chi connectivity index (χ0) is 11.5. The van der Waals surface area contributed by atoms with Crippen LogP contribution in [0.25, 0.3) is 0 Å². The van der Waals surface area contributed by atoms with Gasteiger partial charge >= 0.3 is 0 Å². The van der Waals surface area contributed by atoms with Gasteiger partial charge in [-0.1, -0.05) is 26.0 Å². The Morgan fingerprint density at radius 1 is 1.44 bits per heavy atom. The molecule has 1 unspecified atom stereocenters. The van der Waals surface area contributed by atoms with Crippen molar-refractivity contribution in [3.63, 3.8) is 0 Å². The number of rotatable bonds is 3. The number of benzene rings is 1. The Hall–Kier alpha value is -1.02. The predicted molar refractivity (Wildman–Crippen MR) is 70.2 cm³/mol. The minimum absolute atomic E-state index is 0.573. The molecule has 88 valence electrons. The highest BCUT2D eigenvalue weighted by Gasteiger charge is 2.19. The average Bonchev–Trinajstić information content (AvgIpc) is 2.25. The number of fused-ring (bicyclic) bond motifs is 1. The number of aryl methyl sites for hydroxylation is 1. The molecule has 0 fully saturated rings.